The number of ketones is 1. The minimum Gasteiger partial charge on any atom is -0.488 e. The lowest BCUT2D eigenvalue weighted by Crippen LogP contribution is -2.02. The molecule has 2 nitrogen and oxygen atoms in total. The lowest BCUT2D eigenvalue weighted by atomic mass is 10.1. The average molecular weight is 307 g/mol. The van der Waals surface area contributed by atoms with Gasteiger partial charge in [0.25, 0.3) is 0 Å². The van der Waals surface area contributed by atoms with Crippen LogP contribution in [0.3, 0.4) is 0 Å². The third-order valence-electron chi connectivity index (χ3n) is 3.25. The van der Waals surface area contributed by atoms with Crippen LogP contribution in [0.5, 0.6) is 5.75 Å². The van der Waals surface area contributed by atoms with Gasteiger partial charge in [0, 0.05) is 17.5 Å². The van der Waals surface area contributed by atoms with Gasteiger partial charge in [-0.25, -0.2) is 4.39 Å². The van der Waals surface area contributed by atoms with Gasteiger partial charge in [-0.15, -0.1) is 0 Å². The van der Waals surface area contributed by atoms with E-state index in [0.29, 0.717) is 28.3 Å². The standard InChI is InChI=1S/C17H16ClFO2/c1-3-16(20)12-7-8-17(11(2)9-12)21-10-13-14(18)5-4-6-15(13)19/h4-9H,3,10H2,1-2H3. The Kier molecular flexibility index (Phi) is 4.97. The molecule has 21 heavy (non-hydrogen) atoms. The molecule has 0 amide bonds. The van der Waals surface area contributed by atoms with Gasteiger partial charge >= 0.3 is 0 Å². The summed E-state index contributed by atoms with van der Waals surface area (Å²) in [6.07, 6.45) is 0.463. The van der Waals surface area contributed by atoms with E-state index in [2.05, 4.69) is 0 Å². The number of benzene rings is 2. The van der Waals surface area contributed by atoms with Crippen molar-refractivity contribution in [2.75, 3.05) is 0 Å². The zero-order valence-electron chi connectivity index (χ0n) is 12.0. The maximum absolute atomic E-state index is 13.7. The van der Waals surface area contributed by atoms with Crippen LogP contribution < -0.4 is 4.74 Å². The summed E-state index contributed by atoms with van der Waals surface area (Å²) in [5, 5.41) is 0.338. The first-order chi connectivity index (χ1) is 10.0. The van der Waals surface area contributed by atoms with Crippen LogP contribution in [0.1, 0.15) is 34.8 Å². The molecule has 2 rings (SSSR count). The second-order valence-electron chi connectivity index (χ2n) is 4.75. The number of carbonyl (C=O) groups excluding carboxylic acids is 1. The Labute approximate surface area is 128 Å². The summed E-state index contributed by atoms with van der Waals surface area (Å²) in [7, 11) is 0. The van der Waals surface area contributed by atoms with Gasteiger partial charge in [0.2, 0.25) is 0 Å². The molecular weight excluding hydrogens is 291 g/mol. The Morgan fingerprint density at radius 3 is 2.67 bits per heavy atom. The number of hydrogen-bond acceptors (Lipinski definition) is 2. The Morgan fingerprint density at radius 1 is 1.29 bits per heavy atom. The summed E-state index contributed by atoms with van der Waals surface area (Å²) >= 11 is 5.96. The molecule has 0 unspecified atom stereocenters. The Balaban J connectivity index is 2.16. The summed E-state index contributed by atoms with van der Waals surface area (Å²) in [6, 6.07) is 9.76. The molecule has 110 valence electrons. The highest BCUT2D eigenvalue weighted by molar-refractivity contribution is 6.31. The van der Waals surface area contributed by atoms with Gasteiger partial charge in [0.1, 0.15) is 18.2 Å². The molecular formula is C17H16ClFO2. The van der Waals surface area contributed by atoms with Crippen molar-refractivity contribution in [1.82, 2.24) is 0 Å². The lowest BCUT2D eigenvalue weighted by molar-refractivity contribution is 0.0988. The zero-order chi connectivity index (χ0) is 15.4. The third-order valence-corrected chi connectivity index (χ3v) is 3.61. The van der Waals surface area contributed by atoms with Crippen molar-refractivity contribution >= 4 is 17.4 Å². The molecule has 2 aromatic rings. The molecule has 0 aliphatic rings. The van der Waals surface area contributed by atoms with Crippen molar-refractivity contribution in [2.24, 2.45) is 0 Å². The first-order valence-electron chi connectivity index (χ1n) is 6.72. The number of carbonyl (C=O) groups is 1. The van der Waals surface area contributed by atoms with Crippen LogP contribution in [0.25, 0.3) is 0 Å². The molecule has 0 heterocycles. The van der Waals surface area contributed by atoms with Gasteiger partial charge in [-0.1, -0.05) is 24.6 Å². The van der Waals surface area contributed by atoms with Crippen LogP contribution in [0.15, 0.2) is 36.4 Å². The molecule has 0 aromatic heterocycles. The van der Waals surface area contributed by atoms with Crippen molar-refractivity contribution in [3.05, 3.63) is 63.9 Å². The van der Waals surface area contributed by atoms with Gasteiger partial charge in [-0.05, 0) is 42.8 Å². The lowest BCUT2D eigenvalue weighted by Gasteiger charge is -2.11. The average Bonchev–Trinajstić information content (AvgIpc) is 2.47. The summed E-state index contributed by atoms with van der Waals surface area (Å²) in [5.74, 6) is 0.307. The third kappa shape index (κ3) is 3.61. The fraction of sp³-hybridized carbons (Fsp3) is 0.235. The van der Waals surface area contributed by atoms with Gasteiger partial charge < -0.3 is 4.74 Å². The highest BCUT2D eigenvalue weighted by atomic mass is 35.5. The fourth-order valence-electron chi connectivity index (χ4n) is 2.01. The minimum absolute atomic E-state index is 0.0490. The van der Waals surface area contributed by atoms with Crippen molar-refractivity contribution in [2.45, 2.75) is 26.9 Å². The van der Waals surface area contributed by atoms with Gasteiger partial charge in [0.05, 0.1) is 5.02 Å². The van der Waals surface area contributed by atoms with Crippen LogP contribution >= 0.6 is 11.6 Å². The quantitative estimate of drug-likeness (QED) is 0.730. The van der Waals surface area contributed by atoms with E-state index in [1.54, 1.807) is 30.3 Å². The smallest absolute Gasteiger partial charge is 0.162 e. The summed E-state index contributed by atoms with van der Waals surface area (Å²) < 4.78 is 19.3. The highest BCUT2D eigenvalue weighted by Gasteiger charge is 2.10. The monoisotopic (exact) mass is 306 g/mol. The summed E-state index contributed by atoms with van der Waals surface area (Å²) in [6.45, 7) is 3.72. The van der Waals surface area contributed by atoms with E-state index in [-0.39, 0.29) is 12.4 Å². The van der Waals surface area contributed by atoms with Crippen LogP contribution in [0.4, 0.5) is 4.39 Å². The van der Waals surface area contributed by atoms with E-state index in [4.69, 9.17) is 16.3 Å². The Morgan fingerprint density at radius 2 is 2.05 bits per heavy atom. The summed E-state index contributed by atoms with van der Waals surface area (Å²) in [5.41, 5.74) is 1.82. The maximum Gasteiger partial charge on any atom is 0.162 e. The normalized spacial score (nSPS) is 10.5. The highest BCUT2D eigenvalue weighted by Crippen LogP contribution is 2.24. The molecule has 0 saturated heterocycles. The van der Waals surface area contributed by atoms with E-state index in [1.165, 1.54) is 6.07 Å². The summed E-state index contributed by atoms with van der Waals surface area (Å²) in [4.78, 5) is 11.6. The van der Waals surface area contributed by atoms with Gasteiger partial charge in [-0.2, -0.15) is 0 Å². The topological polar surface area (TPSA) is 26.3 Å². The van der Waals surface area contributed by atoms with Crippen LogP contribution in [-0.4, -0.2) is 5.78 Å². The predicted octanol–water partition coefficient (Wildman–Crippen LogP) is 4.96. The zero-order valence-corrected chi connectivity index (χ0v) is 12.7. The fourth-order valence-corrected chi connectivity index (χ4v) is 2.23. The molecule has 0 N–H and O–H groups in total. The van der Waals surface area contributed by atoms with Crippen molar-refractivity contribution < 1.29 is 13.9 Å². The number of halogens is 2. The predicted molar refractivity (Wildman–Crippen MR) is 81.5 cm³/mol. The van der Waals surface area contributed by atoms with E-state index >= 15 is 0 Å². The molecule has 2 aromatic carbocycles. The second-order valence-corrected chi connectivity index (χ2v) is 5.15. The molecule has 0 radical (unpaired) electrons. The maximum atomic E-state index is 13.7. The SMILES string of the molecule is CCC(=O)c1ccc(OCc2c(F)cccc2Cl)c(C)c1. The molecule has 0 aliphatic carbocycles. The van der Waals surface area contributed by atoms with Crippen LogP contribution in [0, 0.1) is 12.7 Å². The second kappa shape index (κ2) is 6.72. The number of rotatable bonds is 5. The van der Waals surface area contributed by atoms with Crippen LogP contribution in [-0.2, 0) is 6.61 Å². The molecule has 0 fully saturated rings. The molecule has 0 spiro atoms. The van der Waals surface area contributed by atoms with E-state index in [0.717, 1.165) is 5.56 Å². The van der Waals surface area contributed by atoms with Crippen molar-refractivity contribution in [3.63, 3.8) is 0 Å². The van der Waals surface area contributed by atoms with Crippen molar-refractivity contribution in [1.29, 1.82) is 0 Å². The number of ether oxygens (including phenoxy) is 1. The number of aryl methyl sites for hydroxylation is 1. The Bertz CT molecular complexity index is 648. The molecule has 0 bridgehead atoms. The Hall–Kier alpha value is -1.87. The molecule has 0 atom stereocenters. The minimum atomic E-state index is -0.391. The molecule has 0 saturated carbocycles. The first-order valence-corrected chi connectivity index (χ1v) is 7.10. The largest absolute Gasteiger partial charge is 0.488 e. The van der Waals surface area contributed by atoms with E-state index in [1.807, 2.05) is 13.8 Å². The molecule has 0 aliphatic heterocycles. The number of hydrogen-bond donors (Lipinski definition) is 0. The van der Waals surface area contributed by atoms with E-state index < -0.39 is 5.82 Å². The van der Waals surface area contributed by atoms with Crippen LogP contribution in [0.2, 0.25) is 5.02 Å². The van der Waals surface area contributed by atoms with Gasteiger partial charge in [-0.3, -0.25) is 4.79 Å². The van der Waals surface area contributed by atoms with Gasteiger partial charge in [0.15, 0.2) is 5.78 Å². The van der Waals surface area contributed by atoms with Crippen molar-refractivity contribution in [3.8, 4) is 5.75 Å². The molecule has 4 heteroatoms. The first kappa shape index (κ1) is 15.5. The number of Topliss-reactive ketones (excluding diaryl/α,β-unsaturated/α-hetero) is 1. The van der Waals surface area contributed by atoms with E-state index in [9.17, 15) is 9.18 Å².